The van der Waals surface area contributed by atoms with Gasteiger partial charge in [0.2, 0.25) is 11.7 Å². The van der Waals surface area contributed by atoms with Gasteiger partial charge in [0.05, 0.1) is 36.8 Å². The number of carbonyl (C=O) groups is 2. The molecule has 2 fully saturated rings. The number of carbonyl (C=O) groups excluding carboxylic acids is 2. The van der Waals surface area contributed by atoms with Crippen molar-refractivity contribution < 1.29 is 23.8 Å². The Morgan fingerprint density at radius 1 is 0.933 bits per heavy atom. The molecule has 0 spiro atoms. The molecule has 3 heterocycles. The lowest BCUT2D eigenvalue weighted by Crippen LogP contribution is -2.61. The SMILES string of the molecule is CCN1CCC(C(N)=O)(c2ccncc2)CC1C1(c2ccc(Cl)c(Cl)c2)CCN(C(=O)c2cc(OC)c(OC)c(OC)c2)C1.Cl. The molecule has 1 aromatic heterocycles. The summed E-state index contributed by atoms with van der Waals surface area (Å²) in [5.74, 6) is 0.687. The maximum atomic E-state index is 14.1. The van der Waals surface area contributed by atoms with E-state index in [-0.39, 0.29) is 30.3 Å². The first-order valence-electron chi connectivity index (χ1n) is 14.6. The van der Waals surface area contributed by atoms with Crippen LogP contribution < -0.4 is 19.9 Å². The number of pyridine rings is 1. The van der Waals surface area contributed by atoms with Gasteiger partial charge in [-0.25, -0.2) is 0 Å². The van der Waals surface area contributed by atoms with Gasteiger partial charge >= 0.3 is 0 Å². The van der Waals surface area contributed by atoms with Gasteiger partial charge in [0, 0.05) is 42.5 Å². The van der Waals surface area contributed by atoms with E-state index in [1.807, 2.05) is 29.2 Å². The molecule has 0 radical (unpaired) electrons. The topological polar surface area (TPSA) is 107 Å². The highest BCUT2D eigenvalue weighted by molar-refractivity contribution is 6.42. The van der Waals surface area contributed by atoms with E-state index in [2.05, 4.69) is 16.8 Å². The summed E-state index contributed by atoms with van der Waals surface area (Å²) in [6.45, 7) is 4.43. The molecule has 2 saturated heterocycles. The van der Waals surface area contributed by atoms with Crippen molar-refractivity contribution in [1.82, 2.24) is 14.8 Å². The number of aromatic nitrogens is 1. The van der Waals surface area contributed by atoms with Crippen LogP contribution in [-0.2, 0) is 15.6 Å². The third-order valence-corrected chi connectivity index (χ3v) is 10.3. The van der Waals surface area contributed by atoms with Crippen molar-refractivity contribution in [1.29, 1.82) is 0 Å². The average Bonchev–Trinajstić information content (AvgIpc) is 3.51. The summed E-state index contributed by atoms with van der Waals surface area (Å²) in [4.78, 5) is 35.9. The van der Waals surface area contributed by atoms with Crippen molar-refractivity contribution in [3.63, 3.8) is 0 Å². The molecular weight excluding hydrogens is 639 g/mol. The van der Waals surface area contributed by atoms with E-state index < -0.39 is 10.8 Å². The van der Waals surface area contributed by atoms with Crippen LogP contribution in [0.5, 0.6) is 17.2 Å². The normalized spacial score (nSPS) is 23.2. The minimum Gasteiger partial charge on any atom is -0.493 e. The van der Waals surface area contributed by atoms with Crippen molar-refractivity contribution in [3.8, 4) is 17.2 Å². The summed E-state index contributed by atoms with van der Waals surface area (Å²) in [6, 6.07) is 12.6. The van der Waals surface area contributed by atoms with Gasteiger partial charge in [0.25, 0.3) is 5.91 Å². The van der Waals surface area contributed by atoms with Crippen LogP contribution in [0.3, 0.4) is 0 Å². The number of nitrogens with zero attached hydrogens (tertiary/aromatic N) is 3. The predicted octanol–water partition coefficient (Wildman–Crippen LogP) is 5.53. The lowest BCUT2D eigenvalue weighted by Gasteiger charge is -2.52. The Morgan fingerprint density at radius 3 is 2.16 bits per heavy atom. The molecule has 2 aliphatic heterocycles. The first-order chi connectivity index (χ1) is 21.1. The smallest absolute Gasteiger partial charge is 0.254 e. The lowest BCUT2D eigenvalue weighted by atomic mass is 9.62. The van der Waals surface area contributed by atoms with Crippen LogP contribution in [0.2, 0.25) is 10.0 Å². The van der Waals surface area contributed by atoms with Crippen LogP contribution in [-0.4, -0.2) is 80.1 Å². The van der Waals surface area contributed by atoms with Gasteiger partial charge in [-0.2, -0.15) is 0 Å². The third kappa shape index (κ3) is 6.15. The quantitative estimate of drug-likeness (QED) is 0.318. The summed E-state index contributed by atoms with van der Waals surface area (Å²) in [7, 11) is 4.56. The second kappa shape index (κ2) is 14.0. The number of rotatable bonds is 9. The summed E-state index contributed by atoms with van der Waals surface area (Å²) < 4.78 is 16.5. The largest absolute Gasteiger partial charge is 0.493 e. The Bertz CT molecular complexity index is 1520. The first-order valence-corrected chi connectivity index (χ1v) is 15.4. The number of benzene rings is 2. The minimum absolute atomic E-state index is 0. The molecule has 0 saturated carbocycles. The molecule has 9 nitrogen and oxygen atoms in total. The van der Waals surface area contributed by atoms with Crippen LogP contribution in [0.15, 0.2) is 54.9 Å². The first kappa shape index (κ1) is 34.6. The Labute approximate surface area is 280 Å². The number of hydrogen-bond donors (Lipinski definition) is 1. The van der Waals surface area contributed by atoms with E-state index in [9.17, 15) is 9.59 Å². The maximum Gasteiger partial charge on any atom is 0.254 e. The fourth-order valence-electron chi connectivity index (χ4n) is 7.17. The molecule has 3 atom stereocenters. The number of nitrogens with two attached hydrogens (primary N) is 1. The molecule has 3 aromatic rings. The van der Waals surface area contributed by atoms with Crippen LogP contribution in [0.4, 0.5) is 0 Å². The van der Waals surface area contributed by atoms with Gasteiger partial charge in [0.1, 0.15) is 0 Å². The molecule has 45 heavy (non-hydrogen) atoms. The van der Waals surface area contributed by atoms with E-state index in [1.165, 1.54) is 21.3 Å². The predicted molar refractivity (Wildman–Crippen MR) is 177 cm³/mol. The Morgan fingerprint density at radius 2 is 1.60 bits per heavy atom. The number of ether oxygens (including phenoxy) is 3. The maximum absolute atomic E-state index is 14.1. The monoisotopic (exact) mass is 676 g/mol. The number of amides is 2. The Kier molecular flexibility index (Phi) is 10.8. The van der Waals surface area contributed by atoms with E-state index in [1.54, 1.807) is 30.6 Å². The molecule has 2 N–H and O–H groups in total. The number of piperidine rings is 1. The minimum atomic E-state index is -0.892. The number of likely N-dealkylation sites (tertiary alicyclic amines) is 2. The fourth-order valence-corrected chi connectivity index (χ4v) is 7.47. The molecule has 0 bridgehead atoms. The van der Waals surface area contributed by atoms with E-state index >= 15 is 0 Å². The number of halogens is 3. The third-order valence-electron chi connectivity index (χ3n) is 9.55. The van der Waals surface area contributed by atoms with Crippen molar-refractivity contribution in [2.24, 2.45) is 5.73 Å². The molecule has 0 aliphatic carbocycles. The zero-order valence-corrected chi connectivity index (χ0v) is 28.2. The summed E-state index contributed by atoms with van der Waals surface area (Å²) in [5.41, 5.74) is 6.99. The Hall–Kier alpha value is -3.24. The number of methoxy groups -OCH3 is 3. The van der Waals surface area contributed by atoms with E-state index in [4.69, 9.17) is 43.1 Å². The fraction of sp³-hybridized carbons (Fsp3) is 0.424. The van der Waals surface area contributed by atoms with Crippen molar-refractivity contribution in [2.75, 3.05) is 47.5 Å². The summed E-state index contributed by atoms with van der Waals surface area (Å²) >= 11 is 13.0. The van der Waals surface area contributed by atoms with Crippen LogP contribution >= 0.6 is 35.6 Å². The number of likely N-dealkylation sites (N-methyl/N-ethyl adjacent to an activating group) is 1. The second-order valence-corrected chi connectivity index (χ2v) is 12.3. The highest BCUT2D eigenvalue weighted by Crippen LogP contribution is 2.50. The second-order valence-electron chi connectivity index (χ2n) is 11.5. The number of primary amides is 1. The Balaban J connectivity index is 0.00000461. The van der Waals surface area contributed by atoms with Crippen LogP contribution in [0.1, 0.15) is 47.7 Å². The molecule has 2 aliphatic rings. The van der Waals surface area contributed by atoms with Gasteiger partial charge in [-0.1, -0.05) is 36.2 Å². The van der Waals surface area contributed by atoms with Crippen LogP contribution in [0.25, 0.3) is 0 Å². The van der Waals surface area contributed by atoms with Gasteiger partial charge < -0.3 is 24.8 Å². The lowest BCUT2D eigenvalue weighted by molar-refractivity contribution is -0.127. The average molecular weight is 678 g/mol. The summed E-state index contributed by atoms with van der Waals surface area (Å²) in [5, 5.41) is 0.889. The highest BCUT2D eigenvalue weighted by Gasteiger charge is 2.55. The molecule has 12 heteroatoms. The van der Waals surface area contributed by atoms with Crippen molar-refractivity contribution in [3.05, 3.63) is 81.6 Å². The van der Waals surface area contributed by atoms with Gasteiger partial charge in [0.15, 0.2) is 11.5 Å². The standard InChI is InChI=1S/C33H38Cl2N4O5.ClH/c1-5-38-14-10-32(31(36)41,22-8-12-37-13-9-22)19-28(38)33(23-6-7-24(34)25(35)18-23)11-15-39(20-33)30(40)21-16-26(42-2)29(44-4)27(17-21)43-3;/h6-9,12-13,16-18,28H,5,10-11,14-15,19-20H2,1-4H3,(H2,36,41);1H. The highest BCUT2D eigenvalue weighted by atomic mass is 35.5. The van der Waals surface area contributed by atoms with Gasteiger partial charge in [-0.3, -0.25) is 19.5 Å². The molecule has 5 rings (SSSR count). The number of hydrogen-bond acceptors (Lipinski definition) is 7. The van der Waals surface area contributed by atoms with E-state index in [0.29, 0.717) is 71.8 Å². The molecular formula is C33H39Cl3N4O5. The molecule has 242 valence electrons. The summed E-state index contributed by atoms with van der Waals surface area (Å²) in [6.07, 6.45) is 5.11. The van der Waals surface area contributed by atoms with Crippen molar-refractivity contribution in [2.45, 2.75) is 43.1 Å². The molecule has 2 aromatic carbocycles. The van der Waals surface area contributed by atoms with Gasteiger partial charge in [-0.15, -0.1) is 12.4 Å². The van der Waals surface area contributed by atoms with E-state index in [0.717, 1.165) is 17.7 Å². The molecule has 3 unspecified atom stereocenters. The zero-order valence-electron chi connectivity index (χ0n) is 25.8. The van der Waals surface area contributed by atoms with Gasteiger partial charge in [-0.05, 0) is 79.9 Å². The molecule has 2 amide bonds. The van der Waals surface area contributed by atoms with Crippen molar-refractivity contribution >= 4 is 47.4 Å². The van der Waals surface area contributed by atoms with Crippen LogP contribution in [0, 0.1) is 0 Å². The zero-order chi connectivity index (χ0) is 31.6.